The highest BCUT2D eigenvalue weighted by atomic mass is 16.2. The zero-order chi connectivity index (χ0) is 20.8. The molecular weight excluding hydrogens is 370 g/mol. The molecule has 3 rings (SSSR count). The molecule has 0 aliphatic rings. The van der Waals surface area contributed by atoms with E-state index >= 15 is 0 Å². The number of nitrogens with one attached hydrogen (secondary N) is 1. The quantitative estimate of drug-likeness (QED) is 0.656. The zero-order valence-corrected chi connectivity index (χ0v) is 16.5. The highest BCUT2D eigenvalue weighted by Gasteiger charge is 2.19. The number of aryl methyl sites for hydroxylation is 1. The van der Waals surface area contributed by atoms with Crippen LogP contribution in [0.25, 0.3) is 5.69 Å². The fourth-order valence-corrected chi connectivity index (χ4v) is 2.94. The molecule has 1 N–H and O–H groups in total. The van der Waals surface area contributed by atoms with Crippen molar-refractivity contribution in [3.63, 3.8) is 0 Å². The number of pyridine rings is 1. The van der Waals surface area contributed by atoms with E-state index in [1.165, 1.54) is 0 Å². The molecule has 1 amide bonds. The van der Waals surface area contributed by atoms with E-state index in [0.29, 0.717) is 25.1 Å². The van der Waals surface area contributed by atoms with E-state index in [0.717, 1.165) is 20.5 Å². The Balaban J connectivity index is 1.93. The predicted molar refractivity (Wildman–Crippen MR) is 109 cm³/mol. The Morgan fingerprint density at radius 1 is 1.14 bits per heavy atom. The van der Waals surface area contributed by atoms with E-state index in [1.54, 1.807) is 24.4 Å². The SMILES string of the molecule is CCCn1c(=O)c(C(=O)NCCc2ccccn2)nn(-c2cccc(C)c2)c1=O. The number of aromatic nitrogens is 4. The molecule has 2 heterocycles. The third-order valence-corrected chi connectivity index (χ3v) is 4.36. The molecule has 0 saturated heterocycles. The van der Waals surface area contributed by atoms with E-state index in [4.69, 9.17) is 0 Å². The summed E-state index contributed by atoms with van der Waals surface area (Å²) in [5.41, 5.74) is 0.714. The number of nitrogens with zero attached hydrogens (tertiary/aromatic N) is 4. The van der Waals surface area contributed by atoms with E-state index < -0.39 is 17.2 Å². The van der Waals surface area contributed by atoms with Gasteiger partial charge in [0.15, 0.2) is 0 Å². The minimum Gasteiger partial charge on any atom is -0.350 e. The standard InChI is InChI=1S/C21H23N5O3/c1-3-13-25-20(28)18(19(27)23-12-10-16-8-4-5-11-22-16)24-26(21(25)29)17-9-6-7-15(2)14-17/h4-9,11,14H,3,10,12-13H2,1-2H3,(H,23,27). The second-order valence-electron chi connectivity index (χ2n) is 6.67. The Kier molecular flexibility index (Phi) is 6.33. The lowest BCUT2D eigenvalue weighted by atomic mass is 10.2. The van der Waals surface area contributed by atoms with E-state index in [-0.39, 0.29) is 12.2 Å². The van der Waals surface area contributed by atoms with Crippen molar-refractivity contribution in [2.75, 3.05) is 6.54 Å². The number of hydrogen-bond acceptors (Lipinski definition) is 5. The first-order valence-electron chi connectivity index (χ1n) is 9.50. The summed E-state index contributed by atoms with van der Waals surface area (Å²) in [6.45, 7) is 4.26. The molecule has 8 heteroatoms. The van der Waals surface area contributed by atoms with Crippen LogP contribution < -0.4 is 16.6 Å². The van der Waals surface area contributed by atoms with Crippen LogP contribution in [-0.4, -0.2) is 31.8 Å². The second kappa shape index (κ2) is 9.09. The van der Waals surface area contributed by atoms with Crippen molar-refractivity contribution in [3.05, 3.63) is 86.5 Å². The Labute approximate surface area is 167 Å². The van der Waals surface area contributed by atoms with Gasteiger partial charge >= 0.3 is 5.69 Å². The van der Waals surface area contributed by atoms with Crippen LogP contribution in [-0.2, 0) is 13.0 Å². The third-order valence-electron chi connectivity index (χ3n) is 4.36. The topological polar surface area (TPSA) is 98.9 Å². The monoisotopic (exact) mass is 393 g/mol. The Morgan fingerprint density at radius 2 is 1.97 bits per heavy atom. The predicted octanol–water partition coefficient (Wildman–Crippen LogP) is 1.48. The highest BCUT2D eigenvalue weighted by Crippen LogP contribution is 2.06. The number of hydrogen-bond donors (Lipinski definition) is 1. The van der Waals surface area contributed by atoms with Crippen LogP contribution in [0.3, 0.4) is 0 Å². The summed E-state index contributed by atoms with van der Waals surface area (Å²) in [5, 5.41) is 6.79. The van der Waals surface area contributed by atoms with Crippen LogP contribution >= 0.6 is 0 Å². The molecule has 0 bridgehead atoms. The normalized spacial score (nSPS) is 10.7. The summed E-state index contributed by atoms with van der Waals surface area (Å²) in [6, 6.07) is 12.7. The summed E-state index contributed by atoms with van der Waals surface area (Å²) in [7, 11) is 0. The van der Waals surface area contributed by atoms with Crippen molar-refractivity contribution >= 4 is 5.91 Å². The lowest BCUT2D eigenvalue weighted by molar-refractivity contribution is 0.0944. The van der Waals surface area contributed by atoms with Crippen molar-refractivity contribution in [2.24, 2.45) is 0 Å². The summed E-state index contributed by atoms with van der Waals surface area (Å²) < 4.78 is 2.17. The van der Waals surface area contributed by atoms with Crippen molar-refractivity contribution in [2.45, 2.75) is 33.2 Å². The zero-order valence-electron chi connectivity index (χ0n) is 16.5. The van der Waals surface area contributed by atoms with Gasteiger partial charge in [-0.3, -0.25) is 19.1 Å². The third kappa shape index (κ3) is 4.66. The average Bonchev–Trinajstić information content (AvgIpc) is 2.72. The van der Waals surface area contributed by atoms with Crippen molar-refractivity contribution in [1.82, 2.24) is 24.6 Å². The van der Waals surface area contributed by atoms with E-state index in [1.807, 2.05) is 38.1 Å². The largest absolute Gasteiger partial charge is 0.352 e. The molecule has 0 saturated carbocycles. The van der Waals surface area contributed by atoms with Gasteiger partial charge in [-0.05, 0) is 43.2 Å². The number of carbonyl (C=O) groups excluding carboxylic acids is 1. The number of rotatable bonds is 7. The smallest absolute Gasteiger partial charge is 0.350 e. The fraction of sp³-hybridized carbons (Fsp3) is 0.286. The average molecular weight is 393 g/mol. The molecule has 0 aliphatic heterocycles. The molecule has 3 aromatic rings. The van der Waals surface area contributed by atoms with Gasteiger partial charge in [0.25, 0.3) is 11.5 Å². The van der Waals surface area contributed by atoms with Crippen LogP contribution in [0, 0.1) is 6.92 Å². The maximum absolute atomic E-state index is 12.8. The van der Waals surface area contributed by atoms with Crippen LogP contribution in [0.5, 0.6) is 0 Å². The first kappa shape index (κ1) is 20.2. The molecule has 0 atom stereocenters. The van der Waals surface area contributed by atoms with Gasteiger partial charge < -0.3 is 5.32 Å². The molecule has 8 nitrogen and oxygen atoms in total. The Bertz CT molecular complexity index is 1120. The number of amides is 1. The van der Waals surface area contributed by atoms with Gasteiger partial charge in [-0.25, -0.2) is 4.79 Å². The summed E-state index contributed by atoms with van der Waals surface area (Å²) >= 11 is 0. The van der Waals surface area contributed by atoms with E-state index in [9.17, 15) is 14.4 Å². The minimum absolute atomic E-state index is 0.209. The molecule has 2 aromatic heterocycles. The molecule has 0 fully saturated rings. The highest BCUT2D eigenvalue weighted by molar-refractivity contribution is 5.91. The van der Waals surface area contributed by atoms with Gasteiger partial charge in [0.1, 0.15) is 0 Å². The van der Waals surface area contributed by atoms with Crippen molar-refractivity contribution < 1.29 is 4.79 Å². The van der Waals surface area contributed by atoms with Gasteiger partial charge in [-0.15, -0.1) is 0 Å². The van der Waals surface area contributed by atoms with Gasteiger partial charge in [0.2, 0.25) is 5.69 Å². The fourth-order valence-electron chi connectivity index (χ4n) is 2.94. The van der Waals surface area contributed by atoms with Crippen LogP contribution in [0.1, 0.15) is 35.1 Å². The molecule has 0 unspecified atom stereocenters. The second-order valence-corrected chi connectivity index (χ2v) is 6.67. The molecular formula is C21H23N5O3. The number of benzene rings is 1. The van der Waals surface area contributed by atoms with Gasteiger partial charge in [-0.2, -0.15) is 9.78 Å². The number of carbonyl (C=O) groups is 1. The Hall–Kier alpha value is -3.55. The van der Waals surface area contributed by atoms with Crippen LogP contribution in [0.15, 0.2) is 58.3 Å². The maximum atomic E-state index is 12.8. The summed E-state index contributed by atoms with van der Waals surface area (Å²) in [6.07, 6.45) is 2.78. The van der Waals surface area contributed by atoms with Crippen LogP contribution in [0.4, 0.5) is 0 Å². The molecule has 150 valence electrons. The lowest BCUT2D eigenvalue weighted by Crippen LogP contribution is -2.46. The van der Waals surface area contributed by atoms with Crippen LogP contribution in [0.2, 0.25) is 0 Å². The minimum atomic E-state index is -0.684. The lowest BCUT2D eigenvalue weighted by Gasteiger charge is -2.12. The van der Waals surface area contributed by atoms with Crippen molar-refractivity contribution in [3.8, 4) is 5.69 Å². The van der Waals surface area contributed by atoms with Gasteiger partial charge in [0, 0.05) is 31.4 Å². The molecule has 0 spiro atoms. The maximum Gasteiger partial charge on any atom is 0.352 e. The molecule has 0 radical (unpaired) electrons. The molecule has 1 aromatic carbocycles. The summed E-state index contributed by atoms with van der Waals surface area (Å²) in [4.78, 5) is 42.4. The summed E-state index contributed by atoms with van der Waals surface area (Å²) in [5.74, 6) is -0.614. The molecule has 0 aliphatic carbocycles. The van der Waals surface area contributed by atoms with E-state index in [2.05, 4.69) is 15.4 Å². The van der Waals surface area contributed by atoms with Gasteiger partial charge in [0.05, 0.1) is 5.69 Å². The molecule has 29 heavy (non-hydrogen) atoms. The first-order chi connectivity index (χ1) is 14.0. The Morgan fingerprint density at radius 3 is 2.66 bits per heavy atom. The van der Waals surface area contributed by atoms with Crippen molar-refractivity contribution in [1.29, 1.82) is 0 Å². The first-order valence-corrected chi connectivity index (χ1v) is 9.50. The van der Waals surface area contributed by atoms with Gasteiger partial charge in [-0.1, -0.05) is 25.1 Å².